The third-order valence-corrected chi connectivity index (χ3v) is 13.5. The Labute approximate surface area is 369 Å². The van der Waals surface area contributed by atoms with Crippen LogP contribution in [0, 0.1) is 0 Å². The molecule has 0 amide bonds. The van der Waals surface area contributed by atoms with Crippen molar-refractivity contribution in [3.63, 3.8) is 0 Å². The Hall–Kier alpha value is -8.61. The summed E-state index contributed by atoms with van der Waals surface area (Å²) in [5.74, 6) is 0. The Kier molecular flexibility index (Phi) is 6.97. The van der Waals surface area contributed by atoms with E-state index in [-0.39, 0.29) is 0 Å². The molecule has 0 fully saturated rings. The zero-order valence-corrected chi connectivity index (χ0v) is 34.5. The summed E-state index contributed by atoms with van der Waals surface area (Å²) in [6.07, 6.45) is 0. The summed E-state index contributed by atoms with van der Waals surface area (Å²) in [6.45, 7) is 2.16. The quantitative estimate of drug-likeness (QED) is 0.177. The van der Waals surface area contributed by atoms with Crippen molar-refractivity contribution in [2.45, 2.75) is 0 Å². The van der Waals surface area contributed by atoms with Crippen molar-refractivity contribution >= 4 is 116 Å². The predicted molar refractivity (Wildman–Crippen MR) is 266 cm³/mol. The van der Waals surface area contributed by atoms with Crippen LogP contribution in [0.15, 0.2) is 210 Å². The van der Waals surface area contributed by atoms with E-state index in [1.807, 2.05) is 48.5 Å². The molecule has 0 aliphatic heterocycles. The molecule has 6 aromatic heterocycles. The van der Waals surface area contributed by atoms with Gasteiger partial charge in [0.05, 0.1) is 0 Å². The Morgan fingerprint density at radius 3 is 1.14 bits per heavy atom. The van der Waals surface area contributed by atoms with E-state index in [1.165, 1.54) is 0 Å². The van der Waals surface area contributed by atoms with Gasteiger partial charge in [0, 0.05) is 21.5 Å². The van der Waals surface area contributed by atoms with Gasteiger partial charge in [-0.25, -0.2) is 0 Å². The summed E-state index contributed by atoms with van der Waals surface area (Å²) in [6, 6.07) is 66.2. The molecule has 0 spiro atoms. The van der Waals surface area contributed by atoms with Crippen LogP contribution in [0.3, 0.4) is 0 Å². The fourth-order valence-electron chi connectivity index (χ4n) is 10.3. The van der Waals surface area contributed by atoms with E-state index in [9.17, 15) is 0 Å². The average Bonchev–Trinajstić information content (AvgIpc) is 4.19. The van der Waals surface area contributed by atoms with Crippen molar-refractivity contribution in [2.24, 2.45) is 0 Å². The molecular weight excluding hydrogens is 799 g/mol. The molecule has 9 aromatic carbocycles. The molecule has 0 unspecified atom stereocenters. The molecule has 5 nitrogen and oxygen atoms in total. The second kappa shape index (κ2) is 13.0. The van der Waals surface area contributed by atoms with E-state index in [1.54, 1.807) is 0 Å². The van der Waals surface area contributed by atoms with Crippen LogP contribution in [0.1, 0.15) is 0 Å². The molecule has 0 aliphatic carbocycles. The number of furan rings is 5. The molecule has 0 atom stereocenters. The van der Waals surface area contributed by atoms with Crippen LogP contribution in [0.2, 0.25) is 0 Å². The molecule has 0 saturated heterocycles. The van der Waals surface area contributed by atoms with Gasteiger partial charge in [0.25, 0.3) is 0 Å². The molecule has 0 aliphatic rings. The third kappa shape index (κ3) is 5.13. The van der Waals surface area contributed by atoms with Gasteiger partial charge in [0.15, 0.2) is 11.2 Å². The van der Waals surface area contributed by atoms with E-state index in [0.717, 1.165) is 154 Å². The van der Waals surface area contributed by atoms with Crippen molar-refractivity contribution in [1.29, 1.82) is 0 Å². The van der Waals surface area contributed by atoms with Crippen LogP contribution in [-0.4, -0.2) is 6.91 Å². The maximum absolute atomic E-state index is 6.57. The fourth-order valence-corrected chi connectivity index (χ4v) is 10.3. The first-order valence-corrected chi connectivity index (χ1v) is 21.9. The molecule has 15 rings (SSSR count). The summed E-state index contributed by atoms with van der Waals surface area (Å²) in [7, 11) is 0. The standard InChI is InChI=1S/C59H31BO5/c1-4-13-50-39(10-1)42-18-20-44-47-30-33(16-24-53(47)63-57(44)55(42)61-50)37-27-36(32-8-7-9-35(26-32)49-23-22-46-41-12-3-6-15-52(41)65-59(46)60-49)28-38(29-37)34-17-25-54-48(31-34)45-21-19-43-40-11-2-5-14-51(40)62-56(43)58(45)64-54/h1-31H. The first-order valence-electron chi connectivity index (χ1n) is 21.9. The summed E-state index contributed by atoms with van der Waals surface area (Å²) >= 11 is 0. The average molecular weight is 831 g/mol. The SMILES string of the molecule is b1c(-c2cccc(-c3cc(-c4ccc5oc6c(ccc7c8ccccc8oc76)c5c4)cc(-c4ccc5oc6c(ccc7c8ccccc8oc76)c5c4)c3)c2)ccc2c1oc1ccccc12. The molecule has 65 heavy (non-hydrogen) atoms. The van der Waals surface area contributed by atoms with Crippen LogP contribution in [0.5, 0.6) is 0 Å². The number of rotatable bonds is 4. The molecule has 0 N–H and O–H groups in total. The van der Waals surface area contributed by atoms with E-state index in [0.29, 0.717) is 0 Å². The molecule has 6 heterocycles. The minimum atomic E-state index is 0.763. The summed E-state index contributed by atoms with van der Waals surface area (Å²) in [5, 5.41) is 10.6. The number of fused-ring (bicyclic) bond motifs is 17. The monoisotopic (exact) mass is 830 g/mol. The van der Waals surface area contributed by atoms with Gasteiger partial charge in [-0.05, 0) is 24.3 Å². The summed E-state index contributed by atoms with van der Waals surface area (Å²) in [4.78, 5) is 0. The first-order chi connectivity index (χ1) is 32.1. The third-order valence-electron chi connectivity index (χ3n) is 13.5. The molecule has 0 bridgehead atoms. The van der Waals surface area contributed by atoms with Gasteiger partial charge >= 0.3 is 258 Å². The van der Waals surface area contributed by atoms with Gasteiger partial charge in [0.2, 0.25) is 0 Å². The van der Waals surface area contributed by atoms with Crippen LogP contribution in [0.4, 0.5) is 0 Å². The van der Waals surface area contributed by atoms with Crippen LogP contribution in [0.25, 0.3) is 154 Å². The Morgan fingerprint density at radius 2 is 0.615 bits per heavy atom. The van der Waals surface area contributed by atoms with E-state index in [4.69, 9.17) is 22.1 Å². The Balaban J connectivity index is 0.909. The number of hydrogen-bond acceptors (Lipinski definition) is 5. The summed E-state index contributed by atoms with van der Waals surface area (Å²) < 4.78 is 32.2. The minimum absolute atomic E-state index is 0.763. The van der Waals surface area contributed by atoms with E-state index >= 15 is 0 Å². The zero-order valence-electron chi connectivity index (χ0n) is 34.5. The second-order valence-corrected chi connectivity index (χ2v) is 17.1. The fraction of sp³-hybridized carbons (Fsp3) is 0. The van der Waals surface area contributed by atoms with Crippen molar-refractivity contribution in [3.05, 3.63) is 188 Å². The van der Waals surface area contributed by atoms with Crippen molar-refractivity contribution in [2.75, 3.05) is 0 Å². The molecule has 15 aromatic rings. The number of hydrogen-bond donors (Lipinski definition) is 0. The van der Waals surface area contributed by atoms with Gasteiger partial charge in [-0.2, -0.15) is 0 Å². The Morgan fingerprint density at radius 1 is 0.231 bits per heavy atom. The van der Waals surface area contributed by atoms with Crippen LogP contribution < -0.4 is 0 Å². The van der Waals surface area contributed by atoms with Crippen molar-refractivity contribution < 1.29 is 22.1 Å². The maximum atomic E-state index is 6.57. The van der Waals surface area contributed by atoms with Crippen LogP contribution >= 0.6 is 0 Å². The topological polar surface area (TPSA) is 65.7 Å². The van der Waals surface area contributed by atoms with Crippen molar-refractivity contribution in [3.8, 4) is 44.4 Å². The van der Waals surface area contributed by atoms with Crippen molar-refractivity contribution in [1.82, 2.24) is 0 Å². The van der Waals surface area contributed by atoms with Gasteiger partial charge in [0.1, 0.15) is 11.2 Å². The molecule has 6 heteroatoms. The number of benzene rings is 9. The van der Waals surface area contributed by atoms with Crippen LogP contribution in [-0.2, 0) is 0 Å². The predicted octanol–water partition coefficient (Wildman–Crippen LogP) is 17.2. The van der Waals surface area contributed by atoms with Gasteiger partial charge in [-0.3, -0.25) is 0 Å². The Bertz CT molecular complexity index is 4290. The van der Waals surface area contributed by atoms with Gasteiger partial charge in [-0.15, -0.1) is 0 Å². The van der Waals surface area contributed by atoms with Gasteiger partial charge < -0.3 is 8.83 Å². The zero-order chi connectivity index (χ0) is 42.3. The molecular formula is C59H31BO5. The molecule has 300 valence electrons. The first kappa shape index (κ1) is 34.9. The van der Waals surface area contributed by atoms with E-state index < -0.39 is 0 Å². The van der Waals surface area contributed by atoms with Gasteiger partial charge in [-0.1, -0.05) is 36.4 Å². The number of para-hydroxylation sites is 3. The normalized spacial score (nSPS) is 12.2. The molecule has 0 radical (unpaired) electrons. The molecule has 0 saturated carbocycles. The van der Waals surface area contributed by atoms with E-state index in [2.05, 4.69) is 146 Å². The second-order valence-electron chi connectivity index (χ2n) is 17.1. The summed E-state index contributed by atoms with van der Waals surface area (Å²) in [5.41, 5.74) is 17.0.